The molecule has 1 atom stereocenters. The Morgan fingerprint density at radius 2 is 1.79 bits per heavy atom. The van der Waals surface area contributed by atoms with Crippen molar-refractivity contribution in [1.82, 2.24) is 14.9 Å². The van der Waals surface area contributed by atoms with E-state index in [0.29, 0.717) is 42.2 Å². The molecular weight excluding hydrogens is 429 g/mol. The van der Waals surface area contributed by atoms with Crippen LogP contribution < -0.4 is 0 Å². The number of aromatic nitrogens is 2. The molecule has 1 amide bonds. The van der Waals surface area contributed by atoms with E-state index < -0.39 is 0 Å². The zero-order valence-corrected chi connectivity index (χ0v) is 18.9. The molecule has 1 saturated heterocycles. The third-order valence-corrected chi connectivity index (χ3v) is 6.20. The highest BCUT2D eigenvalue weighted by Gasteiger charge is 2.32. The van der Waals surface area contributed by atoms with E-state index in [1.165, 1.54) is 6.07 Å². The average molecular weight is 456 g/mol. The molecule has 0 radical (unpaired) electrons. The lowest BCUT2D eigenvalue weighted by molar-refractivity contribution is 0.0563. The molecule has 1 aliphatic rings. The van der Waals surface area contributed by atoms with Gasteiger partial charge in [0.2, 0.25) is 5.89 Å². The van der Waals surface area contributed by atoms with Crippen LogP contribution in [0, 0.1) is 5.82 Å². The summed E-state index contributed by atoms with van der Waals surface area (Å²) in [6, 6.07) is 21.9. The van der Waals surface area contributed by atoms with Crippen molar-refractivity contribution in [2.24, 2.45) is 0 Å². The number of hydrogen-bond acceptors (Lipinski definition) is 4. The third kappa shape index (κ3) is 4.91. The number of amides is 1. The van der Waals surface area contributed by atoms with Crippen molar-refractivity contribution >= 4 is 5.91 Å². The summed E-state index contributed by atoms with van der Waals surface area (Å²) in [5.41, 5.74) is 2.72. The molecule has 0 N–H and O–H groups in total. The second-order valence-electron chi connectivity index (χ2n) is 8.62. The normalized spacial score (nSPS) is 15.9. The second kappa shape index (κ2) is 10.00. The van der Waals surface area contributed by atoms with Gasteiger partial charge in [0.25, 0.3) is 5.91 Å². The largest absolute Gasteiger partial charge is 0.443 e. The standard InChI is InChI=1S/C28H26FN3O2/c29-24-13-5-4-11-21(24)18-22-12-8-14-25(31-22)28(33)32-16-7-6-15-26(32)27-30-19-23(34-27)17-20-9-2-1-3-10-20/h1-5,8-14,19,26H,6-7,15-18H2. The zero-order chi connectivity index (χ0) is 23.3. The molecule has 3 heterocycles. The molecule has 6 heteroatoms. The minimum absolute atomic E-state index is 0.150. The number of pyridine rings is 1. The molecule has 5 rings (SSSR count). The number of nitrogens with zero attached hydrogens (tertiary/aromatic N) is 3. The van der Waals surface area contributed by atoms with Crippen LogP contribution in [0.3, 0.4) is 0 Å². The number of halogens is 1. The second-order valence-corrected chi connectivity index (χ2v) is 8.62. The number of rotatable bonds is 6. The summed E-state index contributed by atoms with van der Waals surface area (Å²) < 4.78 is 20.2. The first kappa shape index (κ1) is 22.0. The van der Waals surface area contributed by atoms with Gasteiger partial charge >= 0.3 is 0 Å². The molecule has 1 fully saturated rings. The minimum Gasteiger partial charge on any atom is -0.443 e. The van der Waals surface area contributed by atoms with Crippen LogP contribution >= 0.6 is 0 Å². The maximum absolute atomic E-state index is 14.1. The van der Waals surface area contributed by atoms with Gasteiger partial charge in [-0.25, -0.2) is 14.4 Å². The van der Waals surface area contributed by atoms with Gasteiger partial charge in [0.15, 0.2) is 0 Å². The fourth-order valence-electron chi connectivity index (χ4n) is 4.47. The van der Waals surface area contributed by atoms with Gasteiger partial charge in [0.1, 0.15) is 23.3 Å². The molecule has 0 aliphatic carbocycles. The smallest absolute Gasteiger partial charge is 0.273 e. The topological polar surface area (TPSA) is 59.2 Å². The molecule has 0 bridgehead atoms. The molecular formula is C28H26FN3O2. The first-order chi connectivity index (χ1) is 16.7. The molecule has 172 valence electrons. The number of carbonyl (C=O) groups is 1. The van der Waals surface area contributed by atoms with Crippen molar-refractivity contribution in [3.05, 3.63) is 119 Å². The van der Waals surface area contributed by atoms with Gasteiger partial charge in [0.05, 0.1) is 6.20 Å². The van der Waals surface area contributed by atoms with Gasteiger partial charge in [-0.2, -0.15) is 0 Å². The van der Waals surface area contributed by atoms with Crippen molar-refractivity contribution in [3.63, 3.8) is 0 Å². The summed E-state index contributed by atoms with van der Waals surface area (Å²) in [6.45, 7) is 0.624. The maximum atomic E-state index is 14.1. The van der Waals surface area contributed by atoms with Crippen molar-refractivity contribution in [3.8, 4) is 0 Å². The van der Waals surface area contributed by atoms with Crippen molar-refractivity contribution in [1.29, 1.82) is 0 Å². The van der Waals surface area contributed by atoms with Gasteiger partial charge in [-0.05, 0) is 48.6 Å². The lowest BCUT2D eigenvalue weighted by atomic mass is 10.0. The Morgan fingerprint density at radius 1 is 0.971 bits per heavy atom. The first-order valence-electron chi connectivity index (χ1n) is 11.7. The number of benzene rings is 2. The Labute approximate surface area is 198 Å². The van der Waals surface area contributed by atoms with Crippen LogP contribution in [-0.2, 0) is 12.8 Å². The van der Waals surface area contributed by atoms with Gasteiger partial charge in [-0.1, -0.05) is 54.6 Å². The summed E-state index contributed by atoms with van der Waals surface area (Å²) in [7, 11) is 0. The van der Waals surface area contributed by atoms with Crippen LogP contribution in [0.2, 0.25) is 0 Å². The Hall–Kier alpha value is -3.80. The number of oxazole rings is 1. The molecule has 34 heavy (non-hydrogen) atoms. The lowest BCUT2D eigenvalue weighted by Gasteiger charge is -2.33. The molecule has 0 spiro atoms. The van der Waals surface area contributed by atoms with Gasteiger partial charge < -0.3 is 9.32 Å². The molecule has 1 unspecified atom stereocenters. The fraction of sp³-hybridized carbons (Fsp3) is 0.250. The van der Waals surface area contributed by atoms with E-state index in [-0.39, 0.29) is 17.8 Å². The number of likely N-dealkylation sites (tertiary alicyclic amines) is 1. The van der Waals surface area contributed by atoms with Gasteiger partial charge in [0, 0.05) is 25.1 Å². The summed E-state index contributed by atoms with van der Waals surface area (Å²) in [5.74, 6) is 0.931. The van der Waals surface area contributed by atoms with Crippen LogP contribution in [0.1, 0.15) is 64.3 Å². The van der Waals surface area contributed by atoms with Gasteiger partial charge in [-0.3, -0.25) is 4.79 Å². The Balaban J connectivity index is 1.34. The van der Waals surface area contributed by atoms with Crippen molar-refractivity contribution in [2.75, 3.05) is 6.54 Å². The Kier molecular flexibility index (Phi) is 6.47. The van der Waals surface area contributed by atoms with Crippen LogP contribution in [0.5, 0.6) is 0 Å². The van der Waals surface area contributed by atoms with Crippen LogP contribution in [0.15, 0.2) is 83.4 Å². The number of hydrogen-bond donors (Lipinski definition) is 0. The van der Waals surface area contributed by atoms with E-state index >= 15 is 0 Å². The zero-order valence-electron chi connectivity index (χ0n) is 18.9. The van der Waals surface area contributed by atoms with E-state index in [9.17, 15) is 9.18 Å². The molecule has 4 aromatic rings. The third-order valence-electron chi connectivity index (χ3n) is 6.20. The SMILES string of the molecule is O=C(c1cccc(Cc2ccccc2F)n1)N1CCCCC1c1ncc(Cc2ccccc2)o1. The minimum atomic E-state index is -0.271. The molecule has 1 aliphatic heterocycles. The summed E-state index contributed by atoms with van der Waals surface area (Å²) >= 11 is 0. The molecule has 2 aromatic heterocycles. The summed E-state index contributed by atoms with van der Waals surface area (Å²) in [5, 5.41) is 0. The van der Waals surface area contributed by atoms with Crippen molar-refractivity contribution < 1.29 is 13.6 Å². The summed E-state index contributed by atoms with van der Waals surface area (Å²) in [4.78, 5) is 24.4. The maximum Gasteiger partial charge on any atom is 0.273 e. The highest BCUT2D eigenvalue weighted by molar-refractivity contribution is 5.92. The fourth-order valence-corrected chi connectivity index (χ4v) is 4.47. The predicted molar refractivity (Wildman–Crippen MR) is 127 cm³/mol. The van der Waals surface area contributed by atoms with Crippen molar-refractivity contribution in [2.45, 2.75) is 38.1 Å². The highest BCUT2D eigenvalue weighted by atomic mass is 19.1. The highest BCUT2D eigenvalue weighted by Crippen LogP contribution is 2.32. The predicted octanol–water partition coefficient (Wildman–Crippen LogP) is 5.76. The number of piperidine rings is 1. The average Bonchev–Trinajstić information content (AvgIpc) is 3.34. The summed E-state index contributed by atoms with van der Waals surface area (Å²) in [6.07, 6.45) is 5.48. The van der Waals surface area contributed by atoms with Crippen LogP contribution in [0.4, 0.5) is 4.39 Å². The number of carbonyl (C=O) groups excluding carboxylic acids is 1. The van der Waals surface area contributed by atoms with E-state index in [0.717, 1.165) is 30.6 Å². The monoisotopic (exact) mass is 455 g/mol. The lowest BCUT2D eigenvalue weighted by Crippen LogP contribution is -2.39. The quantitative estimate of drug-likeness (QED) is 0.371. The van der Waals surface area contributed by atoms with E-state index in [1.54, 1.807) is 36.5 Å². The van der Waals surface area contributed by atoms with E-state index in [1.807, 2.05) is 29.2 Å². The van der Waals surface area contributed by atoms with E-state index in [4.69, 9.17) is 4.42 Å². The van der Waals surface area contributed by atoms with Gasteiger partial charge in [-0.15, -0.1) is 0 Å². The van der Waals surface area contributed by atoms with Crippen LogP contribution in [-0.4, -0.2) is 27.3 Å². The Morgan fingerprint density at radius 3 is 2.65 bits per heavy atom. The molecule has 5 nitrogen and oxygen atoms in total. The molecule has 0 saturated carbocycles. The molecule has 2 aromatic carbocycles. The Bertz CT molecular complexity index is 1270. The first-order valence-corrected chi connectivity index (χ1v) is 11.7. The van der Waals surface area contributed by atoms with Crippen LogP contribution in [0.25, 0.3) is 0 Å². The van der Waals surface area contributed by atoms with E-state index in [2.05, 4.69) is 22.1 Å².